The number of methoxy groups -OCH3 is 1. The van der Waals surface area contributed by atoms with Crippen molar-refractivity contribution in [2.75, 3.05) is 13.7 Å². The first-order chi connectivity index (χ1) is 28.3. The fourth-order valence-corrected chi connectivity index (χ4v) is 9.20. The molecular weight excluding hydrogens is 761 g/mol. The molecule has 4 rings (SSSR count). The first kappa shape index (κ1) is 49.2. The lowest BCUT2D eigenvalue weighted by atomic mass is 9.61. The molecule has 1 fully saturated rings. The number of rotatable bonds is 22. The fraction of sp³-hybridized carbons (Fsp3) is 0.700. The average molecular weight is 837 g/mol. The predicted molar refractivity (Wildman–Crippen MR) is 234 cm³/mol. The van der Waals surface area contributed by atoms with Crippen molar-refractivity contribution in [2.24, 2.45) is 23.2 Å². The van der Waals surface area contributed by atoms with Crippen molar-refractivity contribution >= 4 is 17.9 Å². The molecule has 3 aliphatic rings. The Kier molecular flexibility index (Phi) is 18.1. The second kappa shape index (κ2) is 22.1. The van der Waals surface area contributed by atoms with E-state index in [1.54, 1.807) is 7.11 Å². The Hall–Kier alpha value is -3.47. The van der Waals surface area contributed by atoms with Gasteiger partial charge in [-0.15, -0.1) is 0 Å². The van der Waals surface area contributed by atoms with Gasteiger partial charge in [-0.05, 0) is 162 Å². The van der Waals surface area contributed by atoms with Gasteiger partial charge in [-0.25, -0.2) is 0 Å². The van der Waals surface area contributed by atoms with E-state index in [-0.39, 0.29) is 49.2 Å². The van der Waals surface area contributed by atoms with Crippen LogP contribution in [0.3, 0.4) is 0 Å². The second-order valence-electron chi connectivity index (χ2n) is 19.4. The molecule has 6 atom stereocenters. The van der Waals surface area contributed by atoms with Crippen molar-refractivity contribution in [3.8, 4) is 5.75 Å². The first-order valence-corrected chi connectivity index (χ1v) is 22.5. The van der Waals surface area contributed by atoms with Crippen LogP contribution in [0.1, 0.15) is 158 Å². The molecule has 1 aromatic carbocycles. The third-order valence-corrected chi connectivity index (χ3v) is 11.8. The molecule has 0 aromatic heterocycles. The minimum Gasteiger partial charge on any atom is -0.497 e. The van der Waals surface area contributed by atoms with Gasteiger partial charge in [-0.1, -0.05) is 49.3 Å². The lowest BCUT2D eigenvalue weighted by Crippen LogP contribution is -2.40. The van der Waals surface area contributed by atoms with Crippen LogP contribution in [0.4, 0.5) is 0 Å². The lowest BCUT2D eigenvalue weighted by Gasteiger charge is -2.42. The van der Waals surface area contributed by atoms with Gasteiger partial charge in [0.1, 0.15) is 28.1 Å². The molecule has 0 N–H and O–H groups in total. The number of hydrogen-bond acceptors (Lipinski definition) is 10. The van der Waals surface area contributed by atoms with Crippen LogP contribution in [0.5, 0.6) is 5.75 Å². The zero-order valence-corrected chi connectivity index (χ0v) is 38.7. The molecule has 10 nitrogen and oxygen atoms in total. The van der Waals surface area contributed by atoms with E-state index < -0.39 is 40.3 Å². The highest BCUT2D eigenvalue weighted by molar-refractivity contribution is 5.90. The smallest absolute Gasteiger partial charge is 0.322 e. The molecular formula is C50H76O10. The van der Waals surface area contributed by atoms with Crippen molar-refractivity contribution < 1.29 is 47.5 Å². The molecule has 0 amide bonds. The molecule has 60 heavy (non-hydrogen) atoms. The summed E-state index contributed by atoms with van der Waals surface area (Å²) in [4.78, 5) is 41.8. The summed E-state index contributed by atoms with van der Waals surface area (Å²) in [7, 11) is 1.65. The van der Waals surface area contributed by atoms with Gasteiger partial charge in [-0.2, -0.15) is 0 Å². The summed E-state index contributed by atoms with van der Waals surface area (Å²) in [5, 5.41) is 0. The van der Waals surface area contributed by atoms with Crippen LogP contribution in [0.2, 0.25) is 0 Å². The van der Waals surface area contributed by atoms with Gasteiger partial charge in [0.05, 0.1) is 32.3 Å². The topological polar surface area (TPSA) is 116 Å². The van der Waals surface area contributed by atoms with Crippen molar-refractivity contribution in [3.63, 3.8) is 0 Å². The van der Waals surface area contributed by atoms with Crippen LogP contribution in [-0.2, 0) is 49.4 Å². The Morgan fingerprint density at radius 2 is 1.48 bits per heavy atom. The number of allylic oxidation sites excluding steroid dienone is 5. The van der Waals surface area contributed by atoms with Crippen molar-refractivity contribution in [1.82, 2.24) is 0 Å². The Labute approximate surface area is 361 Å². The summed E-state index contributed by atoms with van der Waals surface area (Å²) in [6.07, 6.45) is 16.9. The number of hydrogen-bond donors (Lipinski definition) is 0. The third kappa shape index (κ3) is 14.6. The Morgan fingerprint density at radius 3 is 2.13 bits per heavy atom. The van der Waals surface area contributed by atoms with E-state index >= 15 is 0 Å². The van der Waals surface area contributed by atoms with Gasteiger partial charge < -0.3 is 33.2 Å². The number of unbranched alkanes of at least 4 members (excludes halogenated alkanes) is 3. The van der Waals surface area contributed by atoms with Crippen LogP contribution in [0.15, 0.2) is 59.9 Å². The monoisotopic (exact) mass is 837 g/mol. The molecule has 0 bridgehead atoms. The summed E-state index contributed by atoms with van der Waals surface area (Å²) in [6.45, 7) is 19.8. The third-order valence-electron chi connectivity index (χ3n) is 11.8. The van der Waals surface area contributed by atoms with Crippen LogP contribution >= 0.6 is 0 Å². The number of carbonyl (C=O) groups excluding carboxylic acids is 3. The molecule has 10 heteroatoms. The zero-order valence-electron chi connectivity index (χ0n) is 38.7. The zero-order chi connectivity index (χ0) is 44.1. The molecule has 2 aliphatic heterocycles. The minimum absolute atomic E-state index is 0.0448. The number of benzene rings is 1. The van der Waals surface area contributed by atoms with Gasteiger partial charge in [0, 0.05) is 18.9 Å². The van der Waals surface area contributed by atoms with Crippen LogP contribution in [-0.4, -0.2) is 60.8 Å². The molecule has 1 saturated heterocycles. The highest BCUT2D eigenvalue weighted by Crippen LogP contribution is 2.58. The van der Waals surface area contributed by atoms with E-state index in [9.17, 15) is 14.4 Å². The summed E-state index contributed by atoms with van der Waals surface area (Å²) in [5.41, 5.74) is -0.976. The number of carbonyl (C=O) groups is 3. The van der Waals surface area contributed by atoms with Crippen LogP contribution in [0.25, 0.3) is 0 Å². The van der Waals surface area contributed by atoms with E-state index in [1.165, 1.54) is 0 Å². The van der Waals surface area contributed by atoms with Gasteiger partial charge in [0.15, 0.2) is 5.79 Å². The van der Waals surface area contributed by atoms with Crippen LogP contribution < -0.4 is 4.74 Å². The maximum atomic E-state index is 14.7. The highest BCUT2D eigenvalue weighted by Gasteiger charge is 2.58. The Balaban J connectivity index is 1.78. The second-order valence-corrected chi connectivity index (χ2v) is 19.4. The lowest BCUT2D eigenvalue weighted by molar-refractivity contribution is -0.164. The maximum Gasteiger partial charge on any atom is 0.322 e. The van der Waals surface area contributed by atoms with Crippen molar-refractivity contribution in [3.05, 3.63) is 65.5 Å². The normalized spacial score (nSPS) is 25.5. The van der Waals surface area contributed by atoms with E-state index in [4.69, 9.17) is 33.2 Å². The minimum atomic E-state index is -1.37. The maximum absolute atomic E-state index is 14.7. The molecule has 0 radical (unpaired) electrons. The summed E-state index contributed by atoms with van der Waals surface area (Å²) in [6, 6.07) is 7.84. The predicted octanol–water partition coefficient (Wildman–Crippen LogP) is 11.3. The van der Waals surface area contributed by atoms with Gasteiger partial charge in [0.2, 0.25) is 0 Å². The van der Waals surface area contributed by atoms with Gasteiger partial charge >= 0.3 is 17.9 Å². The highest BCUT2D eigenvalue weighted by atomic mass is 16.8. The quantitative estimate of drug-likeness (QED) is 0.0484. The Bertz CT molecular complexity index is 1640. The van der Waals surface area contributed by atoms with Gasteiger partial charge in [-0.3, -0.25) is 14.4 Å². The standard InChI is InChI=1S/C50H76O10/c1-12-14-16-17-18-20-21-36-31-40-45(56-46(53)50(40,33-44(52)60-48(6,7)8)29-27-43(51)59-47(3,4)5)38(28-30-55-34-35-23-25-37(54-11)26-24-35)39(36)32-42-41(22-19-15-13-2)57-49(9,10)58-42/h12-15,23-26,36,38-39,41-42H,16-22,27-34H2,1-11H3/b14-12+,15-13+/t36-,38-,39+,41+,42+,50+/m1/s1. The molecule has 336 valence electrons. The average Bonchev–Trinajstić information content (AvgIpc) is 3.60. The summed E-state index contributed by atoms with van der Waals surface area (Å²) >= 11 is 0. The van der Waals surface area contributed by atoms with Gasteiger partial charge in [0.25, 0.3) is 0 Å². The van der Waals surface area contributed by atoms with E-state index in [0.29, 0.717) is 31.8 Å². The molecule has 1 aliphatic carbocycles. The number of esters is 3. The van der Waals surface area contributed by atoms with Crippen molar-refractivity contribution in [1.29, 1.82) is 0 Å². The SMILES string of the molecule is C/C=C/CCCCC[C@@H]1CC2=C(OC(=O)[C@@]2(CCC(=O)OC(C)(C)C)CC(=O)OC(C)(C)C)[C@H](CCOCc2ccc(OC)cc2)[C@H]1C[C@@H]1OC(C)(C)O[C@H]1CC/C=C/C. The molecule has 0 spiro atoms. The van der Waals surface area contributed by atoms with Crippen molar-refractivity contribution in [2.45, 2.75) is 189 Å². The fourth-order valence-electron chi connectivity index (χ4n) is 9.20. The Morgan fingerprint density at radius 1 is 0.833 bits per heavy atom. The summed E-state index contributed by atoms with van der Waals surface area (Å²) < 4.78 is 43.0. The molecule has 2 heterocycles. The van der Waals surface area contributed by atoms with E-state index in [2.05, 4.69) is 31.2 Å². The van der Waals surface area contributed by atoms with E-state index in [1.807, 2.05) is 86.6 Å². The first-order valence-electron chi connectivity index (χ1n) is 22.5. The molecule has 1 aromatic rings. The van der Waals surface area contributed by atoms with Crippen LogP contribution in [0, 0.1) is 23.2 Å². The molecule has 0 unspecified atom stereocenters. The van der Waals surface area contributed by atoms with E-state index in [0.717, 1.165) is 68.3 Å². The largest absolute Gasteiger partial charge is 0.497 e. The molecule has 0 saturated carbocycles. The summed E-state index contributed by atoms with van der Waals surface area (Å²) in [5.74, 6) is -0.719. The number of ether oxygens (including phenoxy) is 7.